The number of morpholine rings is 1. The van der Waals surface area contributed by atoms with Gasteiger partial charge in [0.25, 0.3) is 0 Å². The second kappa shape index (κ2) is 7.63. The Labute approximate surface area is 187 Å². The minimum Gasteiger partial charge on any atom is -0.378 e. The third-order valence-corrected chi connectivity index (χ3v) is 6.02. The summed E-state index contributed by atoms with van der Waals surface area (Å²) in [6, 6.07) is 11.5. The van der Waals surface area contributed by atoms with Gasteiger partial charge in [0.05, 0.1) is 37.2 Å². The average Bonchev–Trinajstić information content (AvgIpc) is 3.40. The number of aromatic nitrogens is 3. The highest BCUT2D eigenvalue weighted by molar-refractivity contribution is 6.00. The maximum atomic E-state index is 15.3. The van der Waals surface area contributed by atoms with Crippen LogP contribution in [0, 0.1) is 11.8 Å². The Hall–Kier alpha value is -3.85. The number of nitrogens with zero attached hydrogens (tertiary/aromatic N) is 4. The van der Waals surface area contributed by atoms with Crippen LogP contribution in [0.25, 0.3) is 28.2 Å². The largest absolute Gasteiger partial charge is 0.378 e. The van der Waals surface area contributed by atoms with Crippen LogP contribution in [0.3, 0.4) is 0 Å². The van der Waals surface area contributed by atoms with Crippen molar-refractivity contribution in [2.24, 2.45) is 0 Å². The minimum absolute atomic E-state index is 0.0796. The van der Waals surface area contributed by atoms with Crippen molar-refractivity contribution < 1.29 is 18.3 Å². The third-order valence-electron chi connectivity index (χ3n) is 6.02. The maximum Gasteiger partial charge on any atom is 0.228 e. The van der Waals surface area contributed by atoms with Gasteiger partial charge in [-0.25, -0.2) is 14.4 Å². The molecule has 2 aromatic heterocycles. The molecule has 0 spiro atoms. The Bertz CT molecular complexity index is 1390. The summed E-state index contributed by atoms with van der Waals surface area (Å²) in [5, 5.41) is 2.82. The van der Waals surface area contributed by atoms with Crippen LogP contribution in [-0.2, 0) is 16.0 Å². The van der Waals surface area contributed by atoms with Crippen LogP contribution < -0.4 is 10.2 Å². The molecule has 4 heterocycles. The van der Waals surface area contributed by atoms with Crippen LogP contribution in [0.5, 0.6) is 0 Å². The Morgan fingerprint density at radius 1 is 1.00 bits per heavy atom. The third kappa shape index (κ3) is 3.32. The average molecular weight is 447 g/mol. The van der Waals surface area contributed by atoms with Crippen molar-refractivity contribution in [1.82, 2.24) is 14.4 Å². The fraction of sp³-hybridized carbons (Fsp3) is 0.208. The number of amides is 1. The van der Waals surface area contributed by atoms with E-state index in [4.69, 9.17) is 9.72 Å². The normalized spacial score (nSPS) is 15.7. The zero-order valence-electron chi connectivity index (χ0n) is 17.5. The van der Waals surface area contributed by atoms with Gasteiger partial charge in [-0.1, -0.05) is 6.07 Å². The van der Waals surface area contributed by atoms with Gasteiger partial charge in [-0.3, -0.25) is 9.20 Å². The molecule has 2 aliphatic rings. The summed E-state index contributed by atoms with van der Waals surface area (Å²) in [5.74, 6) is -0.447. The molecular formula is C24H19F2N5O2. The zero-order chi connectivity index (χ0) is 22.5. The highest BCUT2D eigenvalue weighted by Gasteiger charge is 2.26. The Kier molecular flexibility index (Phi) is 4.58. The van der Waals surface area contributed by atoms with E-state index in [1.54, 1.807) is 12.1 Å². The predicted octanol–water partition coefficient (Wildman–Crippen LogP) is 3.67. The van der Waals surface area contributed by atoms with Crippen LogP contribution in [0.15, 0.2) is 48.7 Å². The number of imidazole rings is 1. The van der Waals surface area contributed by atoms with Gasteiger partial charge in [-0.05, 0) is 42.0 Å². The first-order valence-electron chi connectivity index (χ1n) is 10.7. The number of carbonyl (C=O) groups is 1. The van der Waals surface area contributed by atoms with E-state index in [0.717, 1.165) is 11.3 Å². The maximum absolute atomic E-state index is 15.3. The van der Waals surface area contributed by atoms with Crippen molar-refractivity contribution >= 4 is 23.1 Å². The summed E-state index contributed by atoms with van der Waals surface area (Å²) >= 11 is 0. The highest BCUT2D eigenvalue weighted by atomic mass is 19.1. The van der Waals surface area contributed by atoms with Crippen molar-refractivity contribution in [3.05, 3.63) is 66.0 Å². The number of halogens is 2. The molecule has 0 unspecified atom stereocenters. The van der Waals surface area contributed by atoms with E-state index in [1.807, 2.05) is 23.1 Å². The number of fused-ring (bicyclic) bond motifs is 2. The molecule has 0 saturated carbocycles. The van der Waals surface area contributed by atoms with Crippen LogP contribution >= 0.6 is 0 Å². The van der Waals surface area contributed by atoms with Gasteiger partial charge < -0.3 is 15.0 Å². The summed E-state index contributed by atoms with van der Waals surface area (Å²) < 4.78 is 35.8. The van der Waals surface area contributed by atoms with Gasteiger partial charge in [0.2, 0.25) is 11.9 Å². The van der Waals surface area contributed by atoms with Gasteiger partial charge in [0.15, 0.2) is 11.5 Å². The number of anilines is 2. The highest BCUT2D eigenvalue weighted by Crippen LogP contribution is 2.38. The van der Waals surface area contributed by atoms with Crippen molar-refractivity contribution in [3.8, 4) is 22.5 Å². The predicted molar refractivity (Wildman–Crippen MR) is 119 cm³/mol. The molecule has 1 N–H and O–H groups in total. The summed E-state index contributed by atoms with van der Waals surface area (Å²) in [6.07, 6.45) is 1.45. The first-order valence-corrected chi connectivity index (χ1v) is 10.7. The fourth-order valence-electron chi connectivity index (χ4n) is 4.46. The smallest absolute Gasteiger partial charge is 0.228 e. The van der Waals surface area contributed by atoms with E-state index < -0.39 is 5.95 Å². The molecule has 33 heavy (non-hydrogen) atoms. The number of ether oxygens (including phenoxy) is 1. The number of rotatable bonds is 3. The summed E-state index contributed by atoms with van der Waals surface area (Å²) in [5.41, 5.74) is 4.34. The lowest BCUT2D eigenvalue weighted by molar-refractivity contribution is -0.115. The van der Waals surface area contributed by atoms with Gasteiger partial charge in [0, 0.05) is 29.9 Å². The van der Waals surface area contributed by atoms with E-state index in [2.05, 4.69) is 10.3 Å². The number of benzene rings is 2. The van der Waals surface area contributed by atoms with E-state index in [1.165, 1.54) is 22.7 Å². The molecule has 7 nitrogen and oxygen atoms in total. The van der Waals surface area contributed by atoms with Gasteiger partial charge in [-0.15, -0.1) is 0 Å². The molecule has 0 radical (unpaired) electrons. The number of carbonyl (C=O) groups excluding carboxylic acids is 1. The van der Waals surface area contributed by atoms with Crippen molar-refractivity contribution in [3.63, 3.8) is 0 Å². The standard InChI is InChI=1S/C24H19F2N5O2/c25-17-4-1-14(2-5-17)21-22(15-3-6-18-16(11-15)12-20(32)28-18)31-19(26)13-27-23(24(31)29-21)30-7-9-33-10-8-30/h1-6,11,13H,7-10,12H2,(H,28,32). The molecular weight excluding hydrogens is 428 g/mol. The molecule has 2 aliphatic heterocycles. The Morgan fingerprint density at radius 3 is 2.55 bits per heavy atom. The lowest BCUT2D eigenvalue weighted by Gasteiger charge is -2.27. The van der Waals surface area contributed by atoms with E-state index in [9.17, 15) is 9.18 Å². The molecule has 166 valence electrons. The lowest BCUT2D eigenvalue weighted by Crippen LogP contribution is -2.37. The minimum atomic E-state index is -0.562. The van der Waals surface area contributed by atoms with E-state index in [0.29, 0.717) is 60.3 Å². The zero-order valence-corrected chi connectivity index (χ0v) is 17.5. The van der Waals surface area contributed by atoms with Gasteiger partial charge in [0.1, 0.15) is 5.82 Å². The number of nitrogens with one attached hydrogen (secondary N) is 1. The van der Waals surface area contributed by atoms with Gasteiger partial charge >= 0.3 is 0 Å². The Morgan fingerprint density at radius 2 is 1.76 bits per heavy atom. The van der Waals surface area contributed by atoms with Crippen molar-refractivity contribution in [1.29, 1.82) is 0 Å². The molecule has 1 fully saturated rings. The lowest BCUT2D eigenvalue weighted by atomic mass is 10.0. The number of hydrogen-bond acceptors (Lipinski definition) is 5. The molecule has 0 bridgehead atoms. The molecule has 1 saturated heterocycles. The van der Waals surface area contributed by atoms with Crippen LogP contribution in [-0.4, -0.2) is 46.6 Å². The molecule has 6 rings (SSSR count). The first kappa shape index (κ1) is 19.8. The molecule has 0 aliphatic carbocycles. The molecule has 4 aromatic rings. The molecule has 1 amide bonds. The van der Waals surface area contributed by atoms with Crippen molar-refractivity contribution in [2.45, 2.75) is 6.42 Å². The second-order valence-electron chi connectivity index (χ2n) is 8.08. The summed E-state index contributed by atoms with van der Waals surface area (Å²) in [6.45, 7) is 2.34. The van der Waals surface area contributed by atoms with E-state index in [-0.39, 0.29) is 18.1 Å². The van der Waals surface area contributed by atoms with Gasteiger partial charge in [-0.2, -0.15) is 4.39 Å². The summed E-state index contributed by atoms with van der Waals surface area (Å²) in [4.78, 5) is 23.0. The topological polar surface area (TPSA) is 71.8 Å². The quantitative estimate of drug-likeness (QED) is 0.519. The van der Waals surface area contributed by atoms with Crippen LogP contribution in [0.1, 0.15) is 5.56 Å². The second-order valence-corrected chi connectivity index (χ2v) is 8.08. The Balaban J connectivity index is 1.62. The van der Waals surface area contributed by atoms with Crippen molar-refractivity contribution in [2.75, 3.05) is 36.5 Å². The monoisotopic (exact) mass is 447 g/mol. The first-order chi connectivity index (χ1) is 16.1. The molecule has 2 aromatic carbocycles. The molecule has 9 heteroatoms. The van der Waals surface area contributed by atoms with Crippen LogP contribution in [0.4, 0.5) is 20.3 Å². The van der Waals surface area contributed by atoms with E-state index >= 15 is 4.39 Å². The summed E-state index contributed by atoms with van der Waals surface area (Å²) in [7, 11) is 0. The molecule has 0 atom stereocenters. The van der Waals surface area contributed by atoms with Crippen LogP contribution in [0.2, 0.25) is 0 Å². The number of hydrogen-bond donors (Lipinski definition) is 1. The fourth-order valence-corrected chi connectivity index (χ4v) is 4.46. The SMILES string of the molecule is O=C1Cc2cc(-c3c(-c4ccc(F)cc4)nc4c(N5CCOCC5)ncc(F)n34)ccc2N1.